The van der Waals surface area contributed by atoms with Crippen LogP contribution in [0, 0.1) is 0 Å². The third kappa shape index (κ3) is 5.72. The Morgan fingerprint density at radius 1 is 0.909 bits per heavy atom. The molecule has 0 aliphatic carbocycles. The van der Waals surface area contributed by atoms with E-state index >= 15 is 0 Å². The summed E-state index contributed by atoms with van der Waals surface area (Å²) in [5, 5.41) is 0. The van der Waals surface area contributed by atoms with E-state index in [0.29, 0.717) is 25.2 Å². The molecule has 0 spiro atoms. The molecule has 22 heavy (non-hydrogen) atoms. The van der Waals surface area contributed by atoms with E-state index in [1.54, 1.807) is 0 Å². The van der Waals surface area contributed by atoms with E-state index in [4.69, 9.17) is 4.74 Å². The van der Waals surface area contributed by atoms with Crippen LogP contribution in [0.4, 0.5) is 0 Å². The number of rotatable bonds is 9. The Balaban J connectivity index is 1.74. The van der Waals surface area contributed by atoms with E-state index in [9.17, 15) is 4.79 Å². The zero-order valence-electron chi connectivity index (χ0n) is 13.3. The first-order valence-corrected chi connectivity index (χ1v) is 8.05. The van der Waals surface area contributed by atoms with E-state index in [0.717, 1.165) is 25.0 Å². The van der Waals surface area contributed by atoms with Gasteiger partial charge in [-0.3, -0.25) is 4.79 Å². The highest BCUT2D eigenvalue weighted by Crippen LogP contribution is 2.16. The van der Waals surface area contributed by atoms with Crippen LogP contribution in [0.3, 0.4) is 0 Å². The van der Waals surface area contributed by atoms with Crippen molar-refractivity contribution in [3.8, 4) is 5.75 Å². The molecule has 0 saturated heterocycles. The number of carbonyl (C=O) groups is 1. The minimum Gasteiger partial charge on any atom is -0.489 e. The lowest BCUT2D eigenvalue weighted by molar-refractivity contribution is -0.119. The molecule has 0 radical (unpaired) electrons. The Hall–Kier alpha value is -2.09. The molecular weight excluding hydrogens is 272 g/mol. The van der Waals surface area contributed by atoms with Gasteiger partial charge in [-0.05, 0) is 42.5 Å². The van der Waals surface area contributed by atoms with Gasteiger partial charge in [-0.2, -0.15) is 0 Å². The molecule has 2 rings (SSSR count). The van der Waals surface area contributed by atoms with Crippen molar-refractivity contribution in [2.75, 3.05) is 0 Å². The molecule has 0 aliphatic rings. The van der Waals surface area contributed by atoms with Crippen LogP contribution in [-0.2, 0) is 17.8 Å². The number of aryl methyl sites for hydroxylation is 1. The second-order valence-corrected chi connectivity index (χ2v) is 5.56. The number of carbonyl (C=O) groups excluding carboxylic acids is 1. The van der Waals surface area contributed by atoms with Gasteiger partial charge < -0.3 is 4.74 Å². The van der Waals surface area contributed by atoms with Crippen molar-refractivity contribution in [3.63, 3.8) is 0 Å². The van der Waals surface area contributed by atoms with Gasteiger partial charge in [0.2, 0.25) is 0 Å². The summed E-state index contributed by atoms with van der Waals surface area (Å²) in [4.78, 5) is 11.5. The van der Waals surface area contributed by atoms with Crippen LogP contribution < -0.4 is 4.74 Å². The second-order valence-electron chi connectivity index (χ2n) is 5.56. The Morgan fingerprint density at radius 2 is 1.64 bits per heavy atom. The zero-order chi connectivity index (χ0) is 15.6. The van der Waals surface area contributed by atoms with E-state index < -0.39 is 0 Å². The quantitative estimate of drug-likeness (QED) is 0.654. The first kappa shape index (κ1) is 16.3. The number of ether oxygens (including phenoxy) is 1. The largest absolute Gasteiger partial charge is 0.489 e. The summed E-state index contributed by atoms with van der Waals surface area (Å²) in [7, 11) is 0. The molecule has 0 unspecified atom stereocenters. The highest BCUT2D eigenvalue weighted by molar-refractivity contribution is 5.78. The van der Waals surface area contributed by atoms with E-state index in [1.807, 2.05) is 37.3 Å². The number of benzene rings is 2. The summed E-state index contributed by atoms with van der Waals surface area (Å²) in [5.41, 5.74) is 2.43. The van der Waals surface area contributed by atoms with Gasteiger partial charge in [-0.15, -0.1) is 0 Å². The lowest BCUT2D eigenvalue weighted by Crippen LogP contribution is -1.98. The molecule has 0 atom stereocenters. The molecular formula is C20H24O2. The molecule has 2 nitrogen and oxygen atoms in total. The van der Waals surface area contributed by atoms with Crippen LogP contribution in [-0.4, -0.2) is 5.78 Å². The van der Waals surface area contributed by atoms with Crippen LogP contribution in [0.25, 0.3) is 0 Å². The van der Waals surface area contributed by atoms with Gasteiger partial charge in [0.1, 0.15) is 18.1 Å². The summed E-state index contributed by atoms with van der Waals surface area (Å²) >= 11 is 0. The van der Waals surface area contributed by atoms with Gasteiger partial charge in [0.05, 0.1) is 0 Å². The van der Waals surface area contributed by atoms with Gasteiger partial charge in [-0.25, -0.2) is 0 Å². The van der Waals surface area contributed by atoms with Crippen LogP contribution in [0.2, 0.25) is 0 Å². The van der Waals surface area contributed by atoms with Crippen LogP contribution >= 0.6 is 0 Å². The average molecular weight is 296 g/mol. The molecule has 0 aromatic heterocycles. The monoisotopic (exact) mass is 296 g/mol. The summed E-state index contributed by atoms with van der Waals surface area (Å²) in [5.74, 6) is 1.26. The smallest absolute Gasteiger partial charge is 0.132 e. The highest BCUT2D eigenvalue weighted by Gasteiger charge is 2.01. The molecule has 2 aromatic rings. The molecule has 116 valence electrons. The Bertz CT molecular complexity index is 558. The summed E-state index contributed by atoms with van der Waals surface area (Å²) in [6, 6.07) is 18.3. The van der Waals surface area contributed by atoms with Crippen LogP contribution in [0.1, 0.15) is 43.7 Å². The predicted molar refractivity (Wildman–Crippen MR) is 90.1 cm³/mol. The third-order valence-electron chi connectivity index (χ3n) is 3.62. The van der Waals surface area contributed by atoms with Crippen molar-refractivity contribution in [1.82, 2.24) is 0 Å². The molecule has 0 N–H and O–H groups in total. The molecule has 0 amide bonds. The SMILES string of the molecule is CCCC(=O)CCCc1ccc(OCc2ccccc2)cc1. The maximum atomic E-state index is 11.5. The van der Waals surface area contributed by atoms with E-state index in [-0.39, 0.29) is 0 Å². The number of ketones is 1. The van der Waals surface area contributed by atoms with Crippen molar-refractivity contribution in [1.29, 1.82) is 0 Å². The highest BCUT2D eigenvalue weighted by atomic mass is 16.5. The first-order chi connectivity index (χ1) is 10.8. The first-order valence-electron chi connectivity index (χ1n) is 8.05. The van der Waals surface area contributed by atoms with Crippen LogP contribution in [0.15, 0.2) is 54.6 Å². The molecule has 0 saturated carbocycles. The minimum atomic E-state index is 0.380. The summed E-state index contributed by atoms with van der Waals surface area (Å²) in [6.07, 6.45) is 4.25. The van der Waals surface area contributed by atoms with Gasteiger partial charge in [0, 0.05) is 12.8 Å². The number of Topliss-reactive ketones (excluding diaryl/α,β-unsaturated/α-hetero) is 1. The molecule has 0 heterocycles. The Kier molecular flexibility index (Phi) is 6.69. The van der Waals surface area contributed by atoms with Gasteiger partial charge in [0.25, 0.3) is 0 Å². The van der Waals surface area contributed by atoms with Crippen LogP contribution in [0.5, 0.6) is 5.75 Å². The van der Waals surface area contributed by atoms with Gasteiger partial charge >= 0.3 is 0 Å². The third-order valence-corrected chi connectivity index (χ3v) is 3.62. The van der Waals surface area contributed by atoms with Crippen molar-refractivity contribution in [2.24, 2.45) is 0 Å². The fourth-order valence-electron chi connectivity index (χ4n) is 2.39. The second kappa shape index (κ2) is 9.04. The molecule has 0 aliphatic heterocycles. The lowest BCUT2D eigenvalue weighted by atomic mass is 10.0. The number of hydrogen-bond acceptors (Lipinski definition) is 2. The van der Waals surface area contributed by atoms with E-state index in [2.05, 4.69) is 24.3 Å². The van der Waals surface area contributed by atoms with Crippen molar-refractivity contribution >= 4 is 5.78 Å². The maximum Gasteiger partial charge on any atom is 0.132 e. The van der Waals surface area contributed by atoms with Crippen molar-refractivity contribution in [3.05, 3.63) is 65.7 Å². The van der Waals surface area contributed by atoms with Gasteiger partial charge in [0.15, 0.2) is 0 Å². The number of hydrogen-bond donors (Lipinski definition) is 0. The van der Waals surface area contributed by atoms with Gasteiger partial charge in [-0.1, -0.05) is 49.4 Å². The standard InChI is InChI=1S/C20H24O2/c1-2-7-19(21)11-6-10-17-12-14-20(15-13-17)22-16-18-8-4-3-5-9-18/h3-5,8-9,12-15H,2,6-7,10-11,16H2,1H3. The molecule has 0 fully saturated rings. The summed E-state index contributed by atoms with van der Waals surface area (Å²) < 4.78 is 5.77. The lowest BCUT2D eigenvalue weighted by Gasteiger charge is -2.07. The van der Waals surface area contributed by atoms with Crippen molar-refractivity contribution in [2.45, 2.75) is 45.6 Å². The average Bonchev–Trinajstić information content (AvgIpc) is 2.55. The molecule has 2 aromatic carbocycles. The fraction of sp³-hybridized carbons (Fsp3) is 0.350. The zero-order valence-corrected chi connectivity index (χ0v) is 13.3. The minimum absolute atomic E-state index is 0.380. The predicted octanol–water partition coefficient (Wildman–Crippen LogP) is 4.96. The van der Waals surface area contributed by atoms with E-state index in [1.165, 1.54) is 11.1 Å². The van der Waals surface area contributed by atoms with Crippen molar-refractivity contribution < 1.29 is 9.53 Å². The maximum absolute atomic E-state index is 11.5. The topological polar surface area (TPSA) is 26.3 Å². The normalized spacial score (nSPS) is 10.4. The summed E-state index contributed by atoms with van der Waals surface area (Å²) in [6.45, 7) is 2.64. The Morgan fingerprint density at radius 3 is 2.32 bits per heavy atom. The fourth-order valence-corrected chi connectivity index (χ4v) is 2.39. The molecule has 0 bridgehead atoms. The molecule has 2 heteroatoms. The Labute approximate surface area is 133 Å².